The molecule has 1 fully saturated rings. The van der Waals surface area contributed by atoms with E-state index in [1.54, 1.807) is 30.5 Å². The van der Waals surface area contributed by atoms with Gasteiger partial charge in [0.15, 0.2) is 0 Å². The molecule has 11 heteroatoms. The third kappa shape index (κ3) is 6.68. The van der Waals surface area contributed by atoms with Crippen LogP contribution in [-0.4, -0.2) is 52.4 Å². The second kappa shape index (κ2) is 13.2. The summed E-state index contributed by atoms with van der Waals surface area (Å²) < 4.78 is 9.13. The van der Waals surface area contributed by atoms with Gasteiger partial charge in [0.05, 0.1) is 33.2 Å². The predicted octanol–water partition coefficient (Wildman–Crippen LogP) is 7.20. The second-order valence-electron chi connectivity index (χ2n) is 10.3. The lowest BCUT2D eigenvalue weighted by Crippen LogP contribution is -2.27. The first-order valence-electron chi connectivity index (χ1n) is 14.0. The zero-order valence-electron chi connectivity index (χ0n) is 24.2. The third-order valence-electron chi connectivity index (χ3n) is 7.21. The van der Waals surface area contributed by atoms with Crippen molar-refractivity contribution < 1.29 is 4.74 Å². The summed E-state index contributed by atoms with van der Waals surface area (Å²) in [6.07, 6.45) is 10.5. The van der Waals surface area contributed by atoms with Crippen LogP contribution in [0.5, 0.6) is 5.75 Å². The van der Waals surface area contributed by atoms with E-state index >= 15 is 0 Å². The first-order valence-corrected chi connectivity index (χ1v) is 16.0. The van der Waals surface area contributed by atoms with Gasteiger partial charge < -0.3 is 25.0 Å². The molecule has 4 aromatic rings. The third-order valence-corrected chi connectivity index (χ3v) is 8.52. The summed E-state index contributed by atoms with van der Waals surface area (Å²) in [6, 6.07) is 8.40. The van der Waals surface area contributed by atoms with E-state index in [2.05, 4.69) is 84.0 Å². The van der Waals surface area contributed by atoms with E-state index in [1.165, 1.54) is 11.1 Å². The molecule has 0 atom stereocenters. The van der Waals surface area contributed by atoms with E-state index in [4.69, 9.17) is 9.72 Å². The Kier molecular flexibility index (Phi) is 9.46. The van der Waals surface area contributed by atoms with E-state index in [1.807, 2.05) is 25.4 Å². The molecule has 0 aliphatic carbocycles. The Hall–Kier alpha value is -3.15. The number of benzene rings is 2. The number of hydrogen-bond donors (Lipinski definition) is 3. The van der Waals surface area contributed by atoms with Gasteiger partial charge in [0.25, 0.3) is 0 Å². The zero-order chi connectivity index (χ0) is 28.9. The molecule has 0 amide bonds. The Balaban J connectivity index is 1.49. The highest BCUT2D eigenvalue weighted by Crippen LogP contribution is 2.39. The van der Waals surface area contributed by atoms with Crippen LogP contribution in [0.3, 0.4) is 0 Å². The maximum Gasteiger partial charge on any atom is 0.229 e. The monoisotopic (exact) mass is 636 g/mol. The van der Waals surface area contributed by atoms with Gasteiger partial charge in [-0.3, -0.25) is 9.97 Å². The molecule has 216 valence electrons. The number of nitrogens with zero attached hydrogens (tertiary/aromatic N) is 5. The summed E-state index contributed by atoms with van der Waals surface area (Å²) in [4.78, 5) is 18.5. The molecule has 3 heterocycles. The van der Waals surface area contributed by atoms with Gasteiger partial charge in [-0.15, -0.1) is 0 Å². The van der Waals surface area contributed by atoms with Crippen molar-refractivity contribution >= 4 is 67.7 Å². The molecule has 0 bridgehead atoms. The minimum atomic E-state index is 0.0369. The normalized spacial score (nSPS) is 13.9. The second-order valence-corrected chi connectivity index (χ2v) is 12.1. The van der Waals surface area contributed by atoms with Crippen LogP contribution in [0.25, 0.3) is 11.0 Å². The topological polar surface area (TPSA) is 100 Å². The van der Waals surface area contributed by atoms with Crippen molar-refractivity contribution in [2.24, 2.45) is 0 Å². The number of aromatic nitrogens is 4. The van der Waals surface area contributed by atoms with Crippen molar-refractivity contribution in [3.8, 4) is 5.75 Å². The van der Waals surface area contributed by atoms with Crippen molar-refractivity contribution in [1.82, 2.24) is 25.3 Å². The first kappa shape index (κ1) is 29.3. The van der Waals surface area contributed by atoms with Crippen LogP contribution in [0.2, 0.25) is 0 Å². The van der Waals surface area contributed by atoms with Gasteiger partial charge in [-0.1, -0.05) is 18.9 Å². The predicted molar refractivity (Wildman–Crippen MR) is 174 cm³/mol. The van der Waals surface area contributed by atoms with Crippen molar-refractivity contribution in [2.45, 2.75) is 52.1 Å². The smallest absolute Gasteiger partial charge is 0.229 e. The number of rotatable bonds is 10. The highest BCUT2D eigenvalue weighted by Gasteiger charge is 2.22. The Labute approximate surface area is 254 Å². The number of piperidine rings is 1. The largest absolute Gasteiger partial charge is 0.489 e. The lowest BCUT2D eigenvalue weighted by Gasteiger charge is -2.27. The molecule has 2 aromatic heterocycles. The molecular weight excluding hydrogens is 600 g/mol. The van der Waals surface area contributed by atoms with Gasteiger partial charge in [-0.2, -0.15) is 4.98 Å². The quantitative estimate of drug-likeness (QED) is 0.155. The van der Waals surface area contributed by atoms with Crippen LogP contribution < -0.4 is 25.0 Å². The number of hydrogen-bond acceptors (Lipinski definition) is 10. The molecule has 0 saturated carbocycles. The van der Waals surface area contributed by atoms with Crippen LogP contribution >= 0.6 is 27.9 Å². The van der Waals surface area contributed by atoms with Gasteiger partial charge >= 0.3 is 0 Å². The Morgan fingerprint density at radius 1 is 1.10 bits per heavy atom. The Bertz CT molecular complexity index is 1510. The summed E-state index contributed by atoms with van der Waals surface area (Å²) in [5, 5.41) is 10.4. The number of halogens is 1. The van der Waals surface area contributed by atoms with E-state index in [9.17, 15) is 0 Å². The van der Waals surface area contributed by atoms with Gasteiger partial charge in [-0.25, -0.2) is 4.98 Å². The van der Waals surface area contributed by atoms with Crippen molar-refractivity contribution in [3.05, 3.63) is 58.5 Å². The highest BCUT2D eigenvalue weighted by molar-refractivity contribution is 9.10. The number of aryl methyl sites for hydroxylation is 1. The van der Waals surface area contributed by atoms with Gasteiger partial charge in [0.2, 0.25) is 5.95 Å². The van der Waals surface area contributed by atoms with Crippen LogP contribution in [0.15, 0.2) is 47.3 Å². The Morgan fingerprint density at radius 3 is 2.61 bits per heavy atom. The number of anilines is 5. The van der Waals surface area contributed by atoms with Gasteiger partial charge in [-0.05, 0) is 103 Å². The number of fused-ring (bicyclic) bond motifs is 1. The van der Waals surface area contributed by atoms with Crippen molar-refractivity contribution in [3.63, 3.8) is 0 Å². The fourth-order valence-electron chi connectivity index (χ4n) is 5.20. The minimum Gasteiger partial charge on any atom is -0.489 e. The van der Waals surface area contributed by atoms with E-state index < -0.39 is 0 Å². The van der Waals surface area contributed by atoms with Crippen LogP contribution in [-0.2, 0) is 6.42 Å². The lowest BCUT2D eigenvalue weighted by atomic mass is 9.86. The standard InChI is InChI=1S/C30H37BrN8OS/c1-6-19-15-25(26(40-18(2)3)16-21(19)20-9-11-32-12-10-20)37-30-35-17-22(31)29(38-30)36-24-8-7-23-27(34-14-13-33-23)28(24)39(4)41-5/h7-8,13-18,20,32H,6,9-12H2,1-5H3,(H2,35,36,37,38). The first-order chi connectivity index (χ1) is 19.9. The van der Waals surface area contributed by atoms with E-state index in [-0.39, 0.29) is 6.10 Å². The molecule has 1 aliphatic rings. The molecule has 9 nitrogen and oxygen atoms in total. The van der Waals surface area contributed by atoms with Crippen LogP contribution in [0.1, 0.15) is 50.7 Å². The molecule has 1 aliphatic heterocycles. The average molecular weight is 638 g/mol. The summed E-state index contributed by atoms with van der Waals surface area (Å²) in [5.74, 6) is 2.47. The molecule has 3 N–H and O–H groups in total. The highest BCUT2D eigenvalue weighted by atomic mass is 79.9. The van der Waals surface area contributed by atoms with E-state index in [0.29, 0.717) is 17.7 Å². The summed E-state index contributed by atoms with van der Waals surface area (Å²) in [6.45, 7) is 8.42. The van der Waals surface area contributed by atoms with Gasteiger partial charge in [0, 0.05) is 31.9 Å². The number of ether oxygens (including phenoxy) is 1. The maximum atomic E-state index is 6.31. The molecule has 0 radical (unpaired) electrons. The van der Waals surface area contributed by atoms with Crippen molar-refractivity contribution in [2.75, 3.05) is 41.3 Å². The maximum absolute atomic E-state index is 6.31. The molecule has 2 aromatic carbocycles. The molecule has 0 spiro atoms. The minimum absolute atomic E-state index is 0.0369. The van der Waals surface area contributed by atoms with Crippen LogP contribution in [0, 0.1) is 0 Å². The summed E-state index contributed by atoms with van der Waals surface area (Å²) >= 11 is 5.23. The zero-order valence-corrected chi connectivity index (χ0v) is 26.6. The SMILES string of the molecule is CCc1cc(Nc2ncc(Br)c(Nc3ccc4nccnc4c3N(C)SC)n2)c(OC(C)C)cc1C1CCNCC1. The average Bonchev–Trinajstić information content (AvgIpc) is 2.99. The fourth-order valence-corrected chi connectivity index (χ4v) is 5.86. The fraction of sp³-hybridized carbons (Fsp3) is 0.400. The molecule has 0 unspecified atom stereocenters. The Morgan fingerprint density at radius 2 is 1.88 bits per heavy atom. The van der Waals surface area contributed by atoms with E-state index in [0.717, 1.165) is 70.7 Å². The molecule has 1 saturated heterocycles. The lowest BCUT2D eigenvalue weighted by molar-refractivity contribution is 0.243. The molecule has 41 heavy (non-hydrogen) atoms. The summed E-state index contributed by atoms with van der Waals surface area (Å²) in [7, 11) is 2.01. The number of nitrogens with one attached hydrogen (secondary N) is 3. The molecular formula is C30H37BrN8OS. The molecule has 5 rings (SSSR count). The van der Waals surface area contributed by atoms with Crippen LogP contribution in [0.4, 0.5) is 28.8 Å². The summed E-state index contributed by atoms with van der Waals surface area (Å²) in [5.41, 5.74) is 7.02. The van der Waals surface area contributed by atoms with Gasteiger partial charge in [0.1, 0.15) is 17.1 Å². The van der Waals surface area contributed by atoms with Crippen molar-refractivity contribution in [1.29, 1.82) is 0 Å².